The number of fused-ring (bicyclic) bond motifs is 2. The van der Waals surface area contributed by atoms with Crippen LogP contribution >= 0.6 is 0 Å². The third kappa shape index (κ3) is 6.04. The first-order valence-electron chi connectivity index (χ1n) is 13.5. The molecule has 41 heavy (non-hydrogen) atoms. The molecule has 1 saturated heterocycles. The summed E-state index contributed by atoms with van der Waals surface area (Å²) in [5.74, 6) is 1.70. The van der Waals surface area contributed by atoms with E-state index in [2.05, 4.69) is 20.2 Å². The van der Waals surface area contributed by atoms with Gasteiger partial charge in [0, 0.05) is 42.5 Å². The Kier molecular flexibility index (Phi) is 7.10. The van der Waals surface area contributed by atoms with Gasteiger partial charge in [-0.05, 0) is 45.0 Å². The van der Waals surface area contributed by atoms with Gasteiger partial charge in [0.2, 0.25) is 5.88 Å². The standard InChI is InChI=1S/C30H31N7O4/c1-30(2,3)41-29(38)35-25-10-8-21(16-31-25)24-17-32-27(36-12-14-39-15-13-36)28-33-22(18-37(24)28)19-40-26-11-9-20-6-4-5-7-23(20)34-26/h4-11,16-18H,12-15,19H2,1-3H3,(H,31,35,38). The Hall–Kier alpha value is -4.77. The van der Waals surface area contributed by atoms with Gasteiger partial charge in [0.25, 0.3) is 0 Å². The quantitative estimate of drug-likeness (QED) is 0.306. The number of imidazole rings is 1. The second kappa shape index (κ2) is 11.0. The molecule has 6 rings (SSSR count). The molecular weight excluding hydrogens is 522 g/mol. The number of benzene rings is 1. The minimum absolute atomic E-state index is 0.242. The van der Waals surface area contributed by atoms with E-state index in [0.717, 1.165) is 46.8 Å². The van der Waals surface area contributed by atoms with E-state index in [1.54, 1.807) is 12.3 Å². The molecule has 5 heterocycles. The fourth-order valence-electron chi connectivity index (χ4n) is 4.60. The van der Waals surface area contributed by atoms with Crippen LogP contribution in [0.2, 0.25) is 0 Å². The van der Waals surface area contributed by atoms with E-state index >= 15 is 0 Å². The van der Waals surface area contributed by atoms with Crippen LogP contribution in [0.3, 0.4) is 0 Å². The largest absolute Gasteiger partial charge is 0.471 e. The molecule has 0 saturated carbocycles. The van der Waals surface area contributed by atoms with Gasteiger partial charge < -0.3 is 19.1 Å². The number of rotatable bonds is 6. The molecule has 210 valence electrons. The Morgan fingerprint density at radius 1 is 1.00 bits per heavy atom. The van der Waals surface area contributed by atoms with E-state index in [0.29, 0.717) is 30.6 Å². The molecule has 1 N–H and O–H groups in total. The van der Waals surface area contributed by atoms with E-state index in [-0.39, 0.29) is 6.61 Å². The number of hydrogen-bond acceptors (Lipinski definition) is 9. The SMILES string of the molecule is CC(C)(C)OC(=O)Nc1ccc(-c2cnc(N3CCOCC3)c3nc(COc4ccc5ccccc5n4)cn23)cn1. The van der Waals surface area contributed by atoms with Gasteiger partial charge in [0.15, 0.2) is 11.5 Å². The Morgan fingerprint density at radius 3 is 2.61 bits per heavy atom. The summed E-state index contributed by atoms with van der Waals surface area (Å²) in [6.07, 6.45) is 4.89. The van der Waals surface area contributed by atoms with Crippen molar-refractivity contribution in [3.05, 3.63) is 72.8 Å². The molecule has 0 spiro atoms. The van der Waals surface area contributed by atoms with Crippen molar-refractivity contribution in [3.63, 3.8) is 0 Å². The number of nitrogens with one attached hydrogen (secondary N) is 1. The van der Waals surface area contributed by atoms with Crippen LogP contribution in [-0.4, -0.2) is 62.3 Å². The van der Waals surface area contributed by atoms with Gasteiger partial charge in [-0.3, -0.25) is 9.72 Å². The molecule has 5 aromatic rings. The van der Waals surface area contributed by atoms with E-state index in [4.69, 9.17) is 24.2 Å². The van der Waals surface area contributed by atoms with Gasteiger partial charge in [-0.2, -0.15) is 0 Å². The third-order valence-corrected chi connectivity index (χ3v) is 6.46. The smallest absolute Gasteiger partial charge is 0.413 e. The molecule has 0 radical (unpaired) electrons. The summed E-state index contributed by atoms with van der Waals surface area (Å²) in [4.78, 5) is 33.1. The molecule has 1 amide bonds. The summed E-state index contributed by atoms with van der Waals surface area (Å²) in [6, 6.07) is 15.4. The molecule has 11 heteroatoms. The van der Waals surface area contributed by atoms with Crippen molar-refractivity contribution in [1.29, 1.82) is 0 Å². The molecule has 0 unspecified atom stereocenters. The van der Waals surface area contributed by atoms with Crippen LogP contribution in [0.4, 0.5) is 16.4 Å². The predicted octanol–water partition coefficient (Wildman–Crippen LogP) is 5.10. The maximum absolute atomic E-state index is 12.2. The summed E-state index contributed by atoms with van der Waals surface area (Å²) in [7, 11) is 0. The highest BCUT2D eigenvalue weighted by atomic mass is 16.6. The first kappa shape index (κ1) is 26.5. The van der Waals surface area contributed by atoms with E-state index in [9.17, 15) is 4.79 Å². The fraction of sp³-hybridized carbons (Fsp3) is 0.300. The Bertz CT molecular complexity index is 1690. The van der Waals surface area contributed by atoms with Crippen LogP contribution in [0.15, 0.2) is 67.1 Å². The summed E-state index contributed by atoms with van der Waals surface area (Å²) in [6.45, 7) is 8.40. The van der Waals surface area contributed by atoms with Crippen molar-refractivity contribution in [2.75, 3.05) is 36.5 Å². The molecule has 0 aliphatic carbocycles. The topological polar surface area (TPSA) is 116 Å². The third-order valence-electron chi connectivity index (χ3n) is 6.46. The lowest BCUT2D eigenvalue weighted by atomic mass is 10.2. The molecule has 0 atom stereocenters. The zero-order valence-corrected chi connectivity index (χ0v) is 23.2. The van der Waals surface area contributed by atoms with Gasteiger partial charge in [-0.15, -0.1) is 0 Å². The molecule has 1 fully saturated rings. The molecule has 11 nitrogen and oxygen atoms in total. The van der Waals surface area contributed by atoms with E-state index in [1.165, 1.54) is 0 Å². The van der Waals surface area contributed by atoms with Crippen LogP contribution in [0.25, 0.3) is 27.8 Å². The normalized spacial score (nSPS) is 13.9. The van der Waals surface area contributed by atoms with Gasteiger partial charge >= 0.3 is 6.09 Å². The number of pyridine rings is 2. The predicted molar refractivity (Wildman–Crippen MR) is 155 cm³/mol. The molecule has 1 aromatic carbocycles. The minimum Gasteiger partial charge on any atom is -0.471 e. The highest BCUT2D eigenvalue weighted by Crippen LogP contribution is 2.28. The first-order valence-corrected chi connectivity index (χ1v) is 13.5. The second-order valence-corrected chi connectivity index (χ2v) is 10.7. The lowest BCUT2D eigenvalue weighted by molar-refractivity contribution is 0.0635. The summed E-state index contributed by atoms with van der Waals surface area (Å²) in [5, 5.41) is 3.72. The summed E-state index contributed by atoms with van der Waals surface area (Å²) >= 11 is 0. The highest BCUT2D eigenvalue weighted by molar-refractivity contribution is 5.84. The van der Waals surface area contributed by atoms with Crippen LogP contribution in [0.1, 0.15) is 26.5 Å². The van der Waals surface area contributed by atoms with Crippen LogP contribution in [-0.2, 0) is 16.1 Å². The van der Waals surface area contributed by atoms with Crippen molar-refractivity contribution < 1.29 is 19.0 Å². The second-order valence-electron chi connectivity index (χ2n) is 10.7. The van der Waals surface area contributed by atoms with Gasteiger partial charge in [0.05, 0.1) is 36.3 Å². The van der Waals surface area contributed by atoms with Crippen molar-refractivity contribution in [1.82, 2.24) is 24.3 Å². The number of carbonyl (C=O) groups is 1. The van der Waals surface area contributed by atoms with Crippen molar-refractivity contribution >= 4 is 34.3 Å². The van der Waals surface area contributed by atoms with Crippen molar-refractivity contribution in [2.45, 2.75) is 33.0 Å². The molecule has 1 aliphatic rings. The Morgan fingerprint density at radius 2 is 1.83 bits per heavy atom. The van der Waals surface area contributed by atoms with Gasteiger partial charge in [-0.25, -0.2) is 24.7 Å². The first-order chi connectivity index (χ1) is 19.8. The maximum Gasteiger partial charge on any atom is 0.413 e. The molecular formula is C30H31N7O4. The lowest BCUT2D eigenvalue weighted by Gasteiger charge is -2.28. The number of aromatic nitrogens is 5. The van der Waals surface area contributed by atoms with Crippen LogP contribution in [0, 0.1) is 0 Å². The summed E-state index contributed by atoms with van der Waals surface area (Å²) in [5.41, 5.74) is 3.34. The van der Waals surface area contributed by atoms with Gasteiger partial charge in [-0.1, -0.05) is 18.2 Å². The van der Waals surface area contributed by atoms with Crippen LogP contribution < -0.4 is 15.0 Å². The zero-order valence-electron chi connectivity index (χ0n) is 23.2. The number of para-hydroxylation sites is 1. The van der Waals surface area contributed by atoms with Gasteiger partial charge in [0.1, 0.15) is 18.0 Å². The average molecular weight is 554 g/mol. The molecule has 1 aliphatic heterocycles. The Labute approximate surface area is 237 Å². The number of amides is 1. The average Bonchev–Trinajstić information content (AvgIpc) is 3.40. The van der Waals surface area contributed by atoms with E-state index < -0.39 is 11.7 Å². The van der Waals surface area contributed by atoms with E-state index in [1.807, 2.05) is 80.0 Å². The highest BCUT2D eigenvalue weighted by Gasteiger charge is 2.21. The number of morpholine rings is 1. The maximum atomic E-state index is 12.2. The summed E-state index contributed by atoms with van der Waals surface area (Å²) < 4.78 is 18.9. The minimum atomic E-state index is -0.600. The molecule has 0 bridgehead atoms. The van der Waals surface area contributed by atoms with Crippen LogP contribution in [0.5, 0.6) is 5.88 Å². The zero-order chi connectivity index (χ0) is 28.4. The number of nitrogens with zero attached hydrogens (tertiary/aromatic N) is 6. The number of anilines is 2. The fourth-order valence-corrected chi connectivity index (χ4v) is 4.60. The van der Waals surface area contributed by atoms with Crippen molar-refractivity contribution in [2.24, 2.45) is 0 Å². The lowest BCUT2D eigenvalue weighted by Crippen LogP contribution is -2.37. The monoisotopic (exact) mass is 553 g/mol. The number of carbonyl (C=O) groups excluding carboxylic acids is 1. The molecule has 4 aromatic heterocycles. The number of ether oxygens (including phenoxy) is 3. The number of hydrogen-bond donors (Lipinski definition) is 1. The Balaban J connectivity index is 1.29. The van der Waals surface area contributed by atoms with Crippen molar-refractivity contribution in [3.8, 4) is 17.1 Å².